The molecule has 0 radical (unpaired) electrons. The molecule has 1 aromatic heterocycles. The van der Waals surface area contributed by atoms with Crippen molar-refractivity contribution >= 4 is 68.2 Å². The van der Waals surface area contributed by atoms with Crippen LogP contribution in [0.5, 0.6) is 5.75 Å². The molecular weight excluding hydrogens is 441 g/mol. The zero-order valence-corrected chi connectivity index (χ0v) is 18.8. The molecule has 9 heteroatoms. The molecule has 0 atom stereocenters. The third-order valence-electron chi connectivity index (χ3n) is 3.99. The lowest BCUT2D eigenvalue weighted by molar-refractivity contribution is 0.0985. The van der Waals surface area contributed by atoms with Crippen molar-refractivity contribution in [3.8, 4) is 5.75 Å². The summed E-state index contributed by atoms with van der Waals surface area (Å²) in [7, 11) is 5.53. The summed E-state index contributed by atoms with van der Waals surface area (Å²) in [5, 5.41) is 1.44. The van der Waals surface area contributed by atoms with Crippen molar-refractivity contribution in [2.24, 2.45) is 0 Å². The third-order valence-corrected chi connectivity index (χ3v) is 5.61. The van der Waals surface area contributed by atoms with E-state index in [9.17, 15) is 4.79 Å². The maximum Gasteiger partial charge on any atom is 0.261 e. The van der Waals surface area contributed by atoms with Crippen molar-refractivity contribution in [2.75, 3.05) is 39.2 Å². The summed E-state index contributed by atoms with van der Waals surface area (Å²) in [6.07, 6.45) is 0. The predicted molar refractivity (Wildman–Crippen MR) is 120 cm³/mol. The minimum Gasteiger partial charge on any atom is -0.497 e. The van der Waals surface area contributed by atoms with Crippen LogP contribution in [0.2, 0.25) is 10.0 Å². The zero-order chi connectivity index (χ0) is 19.6. The summed E-state index contributed by atoms with van der Waals surface area (Å²) in [5.74, 6) is 0.499. The van der Waals surface area contributed by atoms with Gasteiger partial charge in [0, 0.05) is 24.2 Å². The maximum atomic E-state index is 13.2. The van der Waals surface area contributed by atoms with Crippen LogP contribution in [0.1, 0.15) is 10.4 Å². The number of amides is 1. The number of thiazole rings is 1. The van der Waals surface area contributed by atoms with Crippen LogP contribution in [0, 0.1) is 0 Å². The molecule has 0 fully saturated rings. The van der Waals surface area contributed by atoms with Crippen LogP contribution in [-0.2, 0) is 0 Å². The van der Waals surface area contributed by atoms with Gasteiger partial charge in [-0.1, -0.05) is 34.5 Å². The summed E-state index contributed by atoms with van der Waals surface area (Å²) in [6.45, 7) is 1.16. The highest BCUT2D eigenvalue weighted by molar-refractivity contribution is 7.22. The van der Waals surface area contributed by atoms with E-state index in [2.05, 4.69) is 4.98 Å². The van der Waals surface area contributed by atoms with E-state index in [4.69, 9.17) is 27.9 Å². The van der Waals surface area contributed by atoms with Crippen molar-refractivity contribution in [1.29, 1.82) is 0 Å². The highest BCUT2D eigenvalue weighted by Gasteiger charge is 2.23. The molecule has 3 aromatic rings. The first-order valence-electron chi connectivity index (χ1n) is 8.25. The molecule has 5 nitrogen and oxygen atoms in total. The van der Waals surface area contributed by atoms with Gasteiger partial charge in [0.2, 0.25) is 0 Å². The third kappa shape index (κ3) is 5.07. The second-order valence-corrected chi connectivity index (χ2v) is 8.07. The molecule has 0 saturated heterocycles. The molecule has 2 aromatic carbocycles. The Morgan fingerprint density at radius 1 is 1.14 bits per heavy atom. The molecule has 1 heterocycles. The average Bonchev–Trinajstić information content (AvgIpc) is 3.06. The van der Waals surface area contributed by atoms with E-state index < -0.39 is 0 Å². The SMILES string of the molecule is COc1ccc2sc(N(CCN(C)C)C(=O)c3cc(Cl)ccc3Cl)nc2c1.Cl. The average molecular weight is 461 g/mol. The molecule has 0 aliphatic heterocycles. The molecule has 1 amide bonds. The van der Waals surface area contributed by atoms with Crippen LogP contribution >= 0.6 is 46.9 Å². The summed E-state index contributed by atoms with van der Waals surface area (Å²) in [6, 6.07) is 10.6. The molecule has 0 aliphatic rings. The van der Waals surface area contributed by atoms with Gasteiger partial charge in [0.1, 0.15) is 5.75 Å². The van der Waals surface area contributed by atoms with Crippen LogP contribution < -0.4 is 9.64 Å². The fraction of sp³-hybridized carbons (Fsp3) is 0.263. The first kappa shape index (κ1) is 22.7. The van der Waals surface area contributed by atoms with Gasteiger partial charge in [-0.25, -0.2) is 4.98 Å². The number of rotatable bonds is 6. The Bertz CT molecular complexity index is 978. The van der Waals surface area contributed by atoms with Gasteiger partial charge in [-0.2, -0.15) is 0 Å². The number of fused-ring (bicyclic) bond motifs is 1. The molecule has 0 N–H and O–H groups in total. The summed E-state index contributed by atoms with van der Waals surface area (Å²) in [4.78, 5) is 21.5. The number of carbonyl (C=O) groups excluding carboxylic acids is 1. The number of anilines is 1. The molecule has 0 bridgehead atoms. The van der Waals surface area contributed by atoms with E-state index in [1.54, 1.807) is 30.2 Å². The summed E-state index contributed by atoms with van der Waals surface area (Å²) >= 11 is 13.8. The number of halogens is 3. The first-order valence-corrected chi connectivity index (χ1v) is 9.82. The van der Waals surface area contributed by atoms with E-state index in [1.165, 1.54) is 11.3 Å². The minimum absolute atomic E-state index is 0. The molecule has 0 saturated carbocycles. The number of hydrogen-bond acceptors (Lipinski definition) is 5. The highest BCUT2D eigenvalue weighted by Crippen LogP contribution is 2.33. The fourth-order valence-corrected chi connectivity index (χ4v) is 3.87. The Balaban J connectivity index is 0.00000280. The Labute approximate surface area is 184 Å². The lowest BCUT2D eigenvalue weighted by atomic mass is 10.2. The Kier molecular flexibility index (Phi) is 7.92. The maximum absolute atomic E-state index is 13.2. The van der Waals surface area contributed by atoms with Gasteiger partial charge in [0.15, 0.2) is 5.13 Å². The van der Waals surface area contributed by atoms with E-state index in [0.717, 1.165) is 16.0 Å². The van der Waals surface area contributed by atoms with E-state index in [0.29, 0.717) is 33.8 Å². The topological polar surface area (TPSA) is 45.7 Å². The smallest absolute Gasteiger partial charge is 0.261 e. The standard InChI is InChI=1S/C19H19Cl2N3O2S.ClH/c1-23(2)8-9-24(18(25)14-10-12(20)4-6-15(14)21)19-22-16-11-13(26-3)5-7-17(16)27-19;/h4-7,10-11H,8-9H2,1-3H3;1H. The predicted octanol–water partition coefficient (Wildman–Crippen LogP) is 5.24. The molecule has 0 aliphatic carbocycles. The second kappa shape index (κ2) is 9.76. The van der Waals surface area contributed by atoms with Crippen molar-refractivity contribution < 1.29 is 9.53 Å². The van der Waals surface area contributed by atoms with Crippen molar-refractivity contribution in [2.45, 2.75) is 0 Å². The van der Waals surface area contributed by atoms with Crippen LogP contribution in [0.4, 0.5) is 5.13 Å². The molecule has 0 unspecified atom stereocenters. The Morgan fingerprint density at radius 2 is 1.89 bits per heavy atom. The second-order valence-electron chi connectivity index (χ2n) is 6.21. The van der Waals surface area contributed by atoms with E-state index >= 15 is 0 Å². The van der Waals surface area contributed by atoms with Crippen LogP contribution in [0.3, 0.4) is 0 Å². The largest absolute Gasteiger partial charge is 0.497 e. The normalized spacial score (nSPS) is 10.8. The van der Waals surface area contributed by atoms with Crippen LogP contribution in [-0.4, -0.2) is 50.1 Å². The van der Waals surface area contributed by atoms with E-state index in [1.807, 2.05) is 37.2 Å². The Morgan fingerprint density at radius 3 is 2.57 bits per heavy atom. The molecule has 0 spiro atoms. The quantitative estimate of drug-likeness (QED) is 0.504. The molecule has 28 heavy (non-hydrogen) atoms. The summed E-state index contributed by atoms with van der Waals surface area (Å²) in [5.41, 5.74) is 1.15. The molecule has 150 valence electrons. The zero-order valence-electron chi connectivity index (χ0n) is 15.6. The van der Waals surface area contributed by atoms with Gasteiger partial charge in [-0.3, -0.25) is 9.69 Å². The minimum atomic E-state index is -0.227. The number of likely N-dealkylation sites (N-methyl/N-ethyl adjacent to an activating group) is 1. The van der Waals surface area contributed by atoms with Crippen molar-refractivity contribution in [1.82, 2.24) is 9.88 Å². The first-order chi connectivity index (χ1) is 12.9. The Hall–Kier alpha value is -1.57. The number of ether oxygens (including phenoxy) is 1. The van der Waals surface area contributed by atoms with Crippen molar-refractivity contribution in [3.63, 3.8) is 0 Å². The molecular formula is C19H20Cl3N3O2S. The number of carbonyl (C=O) groups is 1. The highest BCUT2D eigenvalue weighted by atomic mass is 35.5. The van der Waals surface area contributed by atoms with Gasteiger partial charge in [-0.05, 0) is 44.4 Å². The van der Waals surface area contributed by atoms with Crippen molar-refractivity contribution in [3.05, 3.63) is 52.0 Å². The number of benzene rings is 2. The monoisotopic (exact) mass is 459 g/mol. The number of aromatic nitrogens is 1. The van der Waals surface area contributed by atoms with Crippen LogP contribution in [0.15, 0.2) is 36.4 Å². The lowest BCUT2D eigenvalue weighted by Crippen LogP contribution is -2.36. The number of nitrogens with zero attached hydrogens (tertiary/aromatic N) is 3. The van der Waals surface area contributed by atoms with Gasteiger partial charge in [0.05, 0.1) is 27.9 Å². The van der Waals surface area contributed by atoms with Gasteiger partial charge in [0.25, 0.3) is 5.91 Å². The van der Waals surface area contributed by atoms with Crippen LogP contribution in [0.25, 0.3) is 10.2 Å². The number of methoxy groups -OCH3 is 1. The van der Waals surface area contributed by atoms with Gasteiger partial charge >= 0.3 is 0 Å². The van der Waals surface area contributed by atoms with Gasteiger partial charge in [-0.15, -0.1) is 12.4 Å². The van der Waals surface area contributed by atoms with Gasteiger partial charge < -0.3 is 9.64 Å². The lowest BCUT2D eigenvalue weighted by Gasteiger charge is -2.22. The fourth-order valence-electron chi connectivity index (χ4n) is 2.53. The summed E-state index contributed by atoms with van der Waals surface area (Å²) < 4.78 is 6.24. The molecule has 3 rings (SSSR count). The van der Waals surface area contributed by atoms with E-state index in [-0.39, 0.29) is 18.3 Å². The number of hydrogen-bond donors (Lipinski definition) is 0.